The molecule has 0 radical (unpaired) electrons. The molecule has 3 heterocycles. The van der Waals surface area contributed by atoms with Gasteiger partial charge in [0.05, 0.1) is 11.6 Å². The fourth-order valence-electron chi connectivity index (χ4n) is 4.93. The molecular weight excluding hydrogens is 356 g/mol. The van der Waals surface area contributed by atoms with E-state index in [0.717, 1.165) is 45.1 Å². The molecule has 1 saturated carbocycles. The second-order valence-corrected chi connectivity index (χ2v) is 8.80. The molecule has 4 fully saturated rings. The molecule has 1 aliphatic carbocycles. The lowest BCUT2D eigenvalue weighted by atomic mass is 9.95. The fraction of sp³-hybridized carbons (Fsp3) is 0.762. The smallest absolute Gasteiger partial charge is 0.243 e. The zero-order chi connectivity index (χ0) is 19.7. The summed E-state index contributed by atoms with van der Waals surface area (Å²) in [6, 6.07) is -0.950. The number of rotatable bonds is 7. The number of carbonyl (C=O) groups excluding carboxylic acids is 3. The van der Waals surface area contributed by atoms with Crippen LogP contribution in [-0.2, 0) is 14.4 Å². The van der Waals surface area contributed by atoms with Gasteiger partial charge >= 0.3 is 0 Å². The van der Waals surface area contributed by atoms with Gasteiger partial charge in [0.2, 0.25) is 17.7 Å². The Morgan fingerprint density at radius 3 is 2.68 bits per heavy atom. The van der Waals surface area contributed by atoms with Crippen molar-refractivity contribution >= 4 is 17.7 Å². The van der Waals surface area contributed by atoms with Crippen LogP contribution in [0, 0.1) is 24.2 Å². The van der Waals surface area contributed by atoms with Crippen molar-refractivity contribution in [2.24, 2.45) is 11.8 Å². The molecule has 0 aromatic rings. The third-order valence-corrected chi connectivity index (χ3v) is 6.83. The molecular formula is C21H30N4O3. The van der Waals surface area contributed by atoms with Crippen LogP contribution in [0.15, 0.2) is 0 Å². The molecule has 28 heavy (non-hydrogen) atoms. The van der Waals surface area contributed by atoms with E-state index in [0.29, 0.717) is 31.8 Å². The third kappa shape index (κ3) is 3.75. The van der Waals surface area contributed by atoms with Crippen molar-refractivity contribution in [3.63, 3.8) is 0 Å². The van der Waals surface area contributed by atoms with Crippen LogP contribution < -0.4 is 16.0 Å². The molecule has 4 rings (SSSR count). The molecule has 3 amide bonds. The molecule has 1 spiro atoms. The maximum Gasteiger partial charge on any atom is 0.243 e. The highest BCUT2D eigenvalue weighted by molar-refractivity contribution is 5.94. The Balaban J connectivity index is 1.43. The Morgan fingerprint density at radius 2 is 2.07 bits per heavy atom. The van der Waals surface area contributed by atoms with Gasteiger partial charge in [0.25, 0.3) is 0 Å². The number of nitrogens with one attached hydrogen (secondary N) is 3. The van der Waals surface area contributed by atoms with E-state index in [2.05, 4.69) is 21.9 Å². The maximum absolute atomic E-state index is 13.1. The van der Waals surface area contributed by atoms with Crippen molar-refractivity contribution < 1.29 is 14.4 Å². The van der Waals surface area contributed by atoms with Gasteiger partial charge in [-0.05, 0) is 51.0 Å². The highest BCUT2D eigenvalue weighted by atomic mass is 16.2. The molecule has 7 nitrogen and oxygen atoms in total. The second-order valence-electron chi connectivity index (χ2n) is 8.80. The van der Waals surface area contributed by atoms with Crippen LogP contribution in [0.5, 0.6) is 0 Å². The summed E-state index contributed by atoms with van der Waals surface area (Å²) in [6.07, 6.45) is 12.4. The van der Waals surface area contributed by atoms with E-state index in [1.807, 2.05) is 0 Å². The number of carbonyl (C=O) groups is 3. The van der Waals surface area contributed by atoms with Crippen LogP contribution in [0.2, 0.25) is 0 Å². The van der Waals surface area contributed by atoms with E-state index in [1.165, 1.54) is 0 Å². The Kier molecular flexibility index (Phi) is 5.33. The summed E-state index contributed by atoms with van der Waals surface area (Å²) in [7, 11) is 0. The first-order valence-corrected chi connectivity index (χ1v) is 10.6. The maximum atomic E-state index is 13.1. The lowest BCUT2D eigenvalue weighted by Gasteiger charge is -2.30. The minimum Gasteiger partial charge on any atom is -0.356 e. The largest absolute Gasteiger partial charge is 0.356 e. The minimum atomic E-state index is -0.487. The quantitative estimate of drug-likeness (QED) is 0.544. The molecule has 4 atom stereocenters. The summed E-state index contributed by atoms with van der Waals surface area (Å²) >= 11 is 0. The van der Waals surface area contributed by atoms with Gasteiger partial charge in [-0.25, -0.2) is 0 Å². The Morgan fingerprint density at radius 1 is 1.25 bits per heavy atom. The average molecular weight is 386 g/mol. The Bertz CT molecular complexity index is 690. The van der Waals surface area contributed by atoms with Crippen molar-refractivity contribution in [3.8, 4) is 12.3 Å². The molecule has 3 N–H and O–H groups in total. The average Bonchev–Trinajstić information content (AvgIpc) is 3.07. The van der Waals surface area contributed by atoms with Crippen LogP contribution in [0.25, 0.3) is 0 Å². The number of nitrogens with zero attached hydrogens (tertiary/aromatic N) is 1. The molecule has 4 unspecified atom stereocenters. The van der Waals surface area contributed by atoms with E-state index < -0.39 is 17.6 Å². The van der Waals surface area contributed by atoms with Gasteiger partial charge < -0.3 is 20.9 Å². The molecule has 0 aromatic carbocycles. The zero-order valence-corrected chi connectivity index (χ0v) is 16.3. The Labute approximate surface area is 166 Å². The van der Waals surface area contributed by atoms with Crippen molar-refractivity contribution in [1.82, 2.24) is 20.9 Å². The van der Waals surface area contributed by atoms with Gasteiger partial charge in [0, 0.05) is 19.0 Å². The molecule has 3 saturated heterocycles. The van der Waals surface area contributed by atoms with Crippen LogP contribution in [0.3, 0.4) is 0 Å². The van der Waals surface area contributed by atoms with Gasteiger partial charge in [-0.1, -0.05) is 18.8 Å². The first-order valence-electron chi connectivity index (χ1n) is 10.6. The molecule has 3 aliphatic heterocycles. The van der Waals surface area contributed by atoms with Crippen molar-refractivity contribution in [3.05, 3.63) is 0 Å². The fourth-order valence-corrected chi connectivity index (χ4v) is 4.93. The standard InChI is InChI=1S/C21H30N4O3/c1-2-16(13-15-6-10-22-18(15)26)24-19(27)17(12-14-4-5-14)25-11-8-21(20(25)28)7-3-9-23-21/h1,14-17,23H,3-13H2,(H,22,26)(H,24,27). The number of terminal acetylenes is 1. The number of amides is 3. The van der Waals surface area contributed by atoms with E-state index in [4.69, 9.17) is 6.42 Å². The first kappa shape index (κ1) is 19.3. The minimum absolute atomic E-state index is 0.00741. The summed E-state index contributed by atoms with van der Waals surface area (Å²) in [6.45, 7) is 2.14. The van der Waals surface area contributed by atoms with Gasteiger partial charge in [0.15, 0.2) is 0 Å². The van der Waals surface area contributed by atoms with Crippen molar-refractivity contribution in [2.75, 3.05) is 19.6 Å². The SMILES string of the molecule is C#CC(CC1CCNC1=O)NC(=O)C(CC1CC1)N1CCC2(CCCN2)C1=O. The summed E-state index contributed by atoms with van der Waals surface area (Å²) in [5, 5.41) is 9.14. The highest BCUT2D eigenvalue weighted by Gasteiger charge is 2.51. The molecule has 0 bridgehead atoms. The van der Waals surface area contributed by atoms with Gasteiger partial charge in [-0.3, -0.25) is 14.4 Å². The van der Waals surface area contributed by atoms with E-state index in [9.17, 15) is 14.4 Å². The molecule has 152 valence electrons. The summed E-state index contributed by atoms with van der Waals surface area (Å²) in [5.74, 6) is 2.90. The molecule has 0 aromatic heterocycles. The predicted octanol–water partition coefficient (Wildman–Crippen LogP) is 0.154. The summed E-state index contributed by atoms with van der Waals surface area (Å²) < 4.78 is 0. The highest BCUT2D eigenvalue weighted by Crippen LogP contribution is 2.38. The van der Waals surface area contributed by atoms with Crippen molar-refractivity contribution in [2.45, 2.75) is 69.0 Å². The lowest BCUT2D eigenvalue weighted by Crippen LogP contribution is -2.54. The van der Waals surface area contributed by atoms with E-state index >= 15 is 0 Å². The van der Waals surface area contributed by atoms with Gasteiger partial charge in [0.1, 0.15) is 6.04 Å². The normalized spacial score (nSPS) is 31.7. The second kappa shape index (κ2) is 7.75. The number of hydrogen-bond donors (Lipinski definition) is 3. The third-order valence-electron chi connectivity index (χ3n) is 6.83. The van der Waals surface area contributed by atoms with Crippen LogP contribution in [-0.4, -0.2) is 59.9 Å². The summed E-state index contributed by atoms with van der Waals surface area (Å²) in [5.41, 5.74) is -0.463. The Hall–Kier alpha value is -2.07. The first-order chi connectivity index (χ1) is 13.5. The monoisotopic (exact) mass is 386 g/mol. The zero-order valence-electron chi connectivity index (χ0n) is 16.3. The summed E-state index contributed by atoms with van der Waals surface area (Å²) in [4.78, 5) is 39.9. The van der Waals surface area contributed by atoms with Crippen LogP contribution in [0.1, 0.15) is 51.4 Å². The molecule has 4 aliphatic rings. The van der Waals surface area contributed by atoms with Crippen LogP contribution >= 0.6 is 0 Å². The molecule has 7 heteroatoms. The van der Waals surface area contributed by atoms with E-state index in [-0.39, 0.29) is 23.6 Å². The van der Waals surface area contributed by atoms with Gasteiger partial charge in [-0.15, -0.1) is 6.42 Å². The lowest BCUT2D eigenvalue weighted by molar-refractivity contribution is -0.141. The number of hydrogen-bond acceptors (Lipinski definition) is 4. The van der Waals surface area contributed by atoms with Crippen molar-refractivity contribution in [1.29, 1.82) is 0 Å². The van der Waals surface area contributed by atoms with Crippen LogP contribution in [0.4, 0.5) is 0 Å². The van der Waals surface area contributed by atoms with E-state index in [1.54, 1.807) is 4.90 Å². The van der Waals surface area contributed by atoms with Gasteiger partial charge in [-0.2, -0.15) is 0 Å². The number of likely N-dealkylation sites (tertiary alicyclic amines) is 1. The predicted molar refractivity (Wildman–Crippen MR) is 104 cm³/mol. The topological polar surface area (TPSA) is 90.5 Å².